The van der Waals surface area contributed by atoms with Gasteiger partial charge in [0.2, 0.25) is 10.0 Å². The first-order valence-corrected chi connectivity index (χ1v) is 8.68. The molecule has 2 N–H and O–H groups in total. The highest BCUT2D eigenvalue weighted by Crippen LogP contribution is 2.28. The normalized spacial score (nSPS) is 19.5. The Balaban J connectivity index is 2.17. The van der Waals surface area contributed by atoms with Gasteiger partial charge in [0.15, 0.2) is 0 Å². The van der Waals surface area contributed by atoms with E-state index in [9.17, 15) is 8.42 Å². The maximum atomic E-state index is 12.6. The van der Waals surface area contributed by atoms with E-state index in [1.807, 2.05) is 0 Å². The number of benzene rings is 1. The number of hydrogen-bond donors (Lipinski definition) is 1. The SMILES string of the molecule is CC(C)C1CCN(S(=O)(=O)c2ccc(C#CCN)cc2)C1. The van der Waals surface area contributed by atoms with Gasteiger partial charge in [0.05, 0.1) is 11.4 Å². The molecule has 5 heteroatoms. The van der Waals surface area contributed by atoms with Crippen molar-refractivity contribution in [2.24, 2.45) is 17.6 Å². The molecule has 0 amide bonds. The van der Waals surface area contributed by atoms with Gasteiger partial charge in [-0.05, 0) is 42.5 Å². The quantitative estimate of drug-likeness (QED) is 0.864. The van der Waals surface area contributed by atoms with Gasteiger partial charge in [0, 0.05) is 18.7 Å². The second-order valence-corrected chi connectivity index (χ2v) is 7.62. The van der Waals surface area contributed by atoms with Gasteiger partial charge in [-0.3, -0.25) is 0 Å². The first-order valence-electron chi connectivity index (χ1n) is 7.24. The lowest BCUT2D eigenvalue weighted by molar-refractivity contribution is 0.388. The molecular weight excluding hydrogens is 284 g/mol. The van der Waals surface area contributed by atoms with Crippen molar-refractivity contribution < 1.29 is 8.42 Å². The number of nitrogens with two attached hydrogens (primary N) is 1. The Morgan fingerprint density at radius 2 is 2.00 bits per heavy atom. The van der Waals surface area contributed by atoms with Gasteiger partial charge < -0.3 is 5.73 Å². The molecule has 0 radical (unpaired) electrons. The summed E-state index contributed by atoms with van der Waals surface area (Å²) in [7, 11) is -3.38. The fourth-order valence-corrected chi connectivity index (χ4v) is 4.04. The lowest BCUT2D eigenvalue weighted by Gasteiger charge is -2.18. The van der Waals surface area contributed by atoms with Crippen LogP contribution in [0.3, 0.4) is 0 Å². The van der Waals surface area contributed by atoms with E-state index < -0.39 is 10.0 Å². The van der Waals surface area contributed by atoms with Crippen LogP contribution in [0.15, 0.2) is 29.2 Å². The van der Waals surface area contributed by atoms with Gasteiger partial charge in [0.25, 0.3) is 0 Å². The molecule has 4 nitrogen and oxygen atoms in total. The molecule has 0 aliphatic carbocycles. The van der Waals surface area contributed by atoms with Crippen molar-refractivity contribution >= 4 is 10.0 Å². The molecule has 114 valence electrons. The number of nitrogens with zero attached hydrogens (tertiary/aromatic N) is 1. The van der Waals surface area contributed by atoms with Crippen LogP contribution >= 0.6 is 0 Å². The first-order chi connectivity index (χ1) is 9.95. The lowest BCUT2D eigenvalue weighted by atomic mass is 9.96. The Hall–Kier alpha value is -1.35. The highest BCUT2D eigenvalue weighted by molar-refractivity contribution is 7.89. The molecule has 1 saturated heterocycles. The van der Waals surface area contributed by atoms with Crippen molar-refractivity contribution in [3.05, 3.63) is 29.8 Å². The fraction of sp³-hybridized carbons (Fsp3) is 0.500. The molecule has 1 aliphatic heterocycles. The standard InChI is InChI=1S/C16H22N2O2S/c1-13(2)15-9-11-18(12-15)21(19,20)16-7-5-14(6-8-16)4-3-10-17/h5-8,13,15H,9-12,17H2,1-2H3. The molecule has 0 aromatic heterocycles. The van der Waals surface area contributed by atoms with E-state index in [0.717, 1.165) is 12.0 Å². The molecular formula is C16H22N2O2S. The van der Waals surface area contributed by atoms with Gasteiger partial charge in [-0.15, -0.1) is 0 Å². The van der Waals surface area contributed by atoms with Crippen molar-refractivity contribution in [1.82, 2.24) is 4.31 Å². The maximum Gasteiger partial charge on any atom is 0.243 e. The Morgan fingerprint density at radius 3 is 2.52 bits per heavy atom. The second-order valence-electron chi connectivity index (χ2n) is 5.69. The van der Waals surface area contributed by atoms with Gasteiger partial charge in [-0.25, -0.2) is 8.42 Å². The topological polar surface area (TPSA) is 63.4 Å². The smallest absolute Gasteiger partial charge is 0.243 e. The molecule has 1 aromatic rings. The van der Waals surface area contributed by atoms with E-state index in [-0.39, 0.29) is 0 Å². The number of rotatable bonds is 3. The largest absolute Gasteiger partial charge is 0.320 e. The summed E-state index contributed by atoms with van der Waals surface area (Å²) in [5.41, 5.74) is 6.10. The fourth-order valence-electron chi connectivity index (χ4n) is 2.53. The molecule has 21 heavy (non-hydrogen) atoms. The van der Waals surface area contributed by atoms with Crippen LogP contribution in [-0.2, 0) is 10.0 Å². The summed E-state index contributed by atoms with van der Waals surface area (Å²) in [6.45, 7) is 5.82. The average molecular weight is 306 g/mol. The molecule has 1 aromatic carbocycles. The summed E-state index contributed by atoms with van der Waals surface area (Å²) < 4.78 is 26.8. The summed E-state index contributed by atoms with van der Waals surface area (Å²) in [4.78, 5) is 0.338. The van der Waals surface area contributed by atoms with Crippen LogP contribution in [0.4, 0.5) is 0 Å². The molecule has 0 bridgehead atoms. The average Bonchev–Trinajstić information content (AvgIpc) is 2.96. The predicted molar refractivity (Wildman–Crippen MR) is 84.1 cm³/mol. The molecule has 1 aliphatic rings. The Bertz CT molecular complexity index is 639. The molecule has 2 rings (SSSR count). The van der Waals surface area contributed by atoms with E-state index in [2.05, 4.69) is 25.7 Å². The van der Waals surface area contributed by atoms with Gasteiger partial charge in [-0.1, -0.05) is 25.7 Å². The summed E-state index contributed by atoms with van der Waals surface area (Å²) in [5, 5.41) is 0. The van der Waals surface area contributed by atoms with E-state index in [1.54, 1.807) is 28.6 Å². The third-order valence-corrected chi connectivity index (χ3v) is 5.84. The minimum Gasteiger partial charge on any atom is -0.320 e. The monoisotopic (exact) mass is 306 g/mol. The highest BCUT2D eigenvalue weighted by atomic mass is 32.2. The molecule has 1 atom stereocenters. The van der Waals surface area contributed by atoms with Crippen LogP contribution in [0, 0.1) is 23.7 Å². The van der Waals surface area contributed by atoms with Crippen LogP contribution < -0.4 is 5.73 Å². The molecule has 1 heterocycles. The molecule has 0 spiro atoms. The minimum atomic E-state index is -3.38. The van der Waals surface area contributed by atoms with Crippen LogP contribution in [0.1, 0.15) is 25.8 Å². The van der Waals surface area contributed by atoms with E-state index in [4.69, 9.17) is 5.73 Å². The Labute approximate surface area is 127 Å². The number of sulfonamides is 1. The van der Waals surface area contributed by atoms with Crippen molar-refractivity contribution in [1.29, 1.82) is 0 Å². The summed E-state index contributed by atoms with van der Waals surface area (Å²) in [6.07, 6.45) is 0.941. The summed E-state index contributed by atoms with van der Waals surface area (Å²) >= 11 is 0. The predicted octanol–water partition coefficient (Wildman–Crippen LogP) is 1.66. The lowest BCUT2D eigenvalue weighted by Crippen LogP contribution is -2.29. The summed E-state index contributed by atoms with van der Waals surface area (Å²) in [5.74, 6) is 6.61. The Morgan fingerprint density at radius 1 is 1.33 bits per heavy atom. The van der Waals surface area contributed by atoms with Crippen molar-refractivity contribution in [3.8, 4) is 11.8 Å². The molecule has 1 unspecified atom stereocenters. The number of hydrogen-bond acceptors (Lipinski definition) is 3. The maximum absolute atomic E-state index is 12.6. The zero-order valence-electron chi connectivity index (χ0n) is 12.5. The summed E-state index contributed by atoms with van der Waals surface area (Å²) in [6, 6.07) is 6.70. The van der Waals surface area contributed by atoms with E-state index >= 15 is 0 Å². The van der Waals surface area contributed by atoms with Crippen LogP contribution in [-0.4, -0.2) is 32.4 Å². The second kappa shape index (κ2) is 6.61. The third kappa shape index (κ3) is 3.65. The zero-order chi connectivity index (χ0) is 15.5. The molecule has 1 fully saturated rings. The van der Waals surface area contributed by atoms with Gasteiger partial charge in [0.1, 0.15) is 0 Å². The van der Waals surface area contributed by atoms with Crippen molar-refractivity contribution in [2.45, 2.75) is 25.2 Å². The van der Waals surface area contributed by atoms with Crippen LogP contribution in [0.25, 0.3) is 0 Å². The molecule has 0 saturated carbocycles. The van der Waals surface area contributed by atoms with Gasteiger partial charge >= 0.3 is 0 Å². The van der Waals surface area contributed by atoms with Crippen LogP contribution in [0.5, 0.6) is 0 Å². The Kier molecular flexibility index (Phi) is 5.04. The first kappa shape index (κ1) is 16.0. The van der Waals surface area contributed by atoms with Crippen molar-refractivity contribution in [3.63, 3.8) is 0 Å². The van der Waals surface area contributed by atoms with Gasteiger partial charge in [-0.2, -0.15) is 4.31 Å². The van der Waals surface area contributed by atoms with Crippen molar-refractivity contribution in [2.75, 3.05) is 19.6 Å². The minimum absolute atomic E-state index is 0.296. The zero-order valence-corrected chi connectivity index (χ0v) is 13.4. The van der Waals surface area contributed by atoms with E-state index in [1.165, 1.54) is 0 Å². The van der Waals surface area contributed by atoms with E-state index in [0.29, 0.717) is 36.4 Å². The third-order valence-electron chi connectivity index (χ3n) is 3.96. The van der Waals surface area contributed by atoms with Crippen LogP contribution in [0.2, 0.25) is 0 Å². The highest BCUT2D eigenvalue weighted by Gasteiger charge is 2.33.